The van der Waals surface area contributed by atoms with E-state index >= 15 is 0 Å². The molecule has 0 unspecified atom stereocenters. The van der Waals surface area contributed by atoms with Gasteiger partial charge in [0.15, 0.2) is 0 Å². The van der Waals surface area contributed by atoms with Crippen LogP contribution in [0.5, 0.6) is 0 Å². The van der Waals surface area contributed by atoms with Crippen molar-refractivity contribution in [3.8, 4) is 0 Å². The number of fused-ring (bicyclic) bond motifs is 1. The minimum absolute atomic E-state index is 0.0776. The van der Waals surface area contributed by atoms with Crippen molar-refractivity contribution in [2.24, 2.45) is 17.8 Å². The molecule has 0 radical (unpaired) electrons. The van der Waals surface area contributed by atoms with Crippen LogP contribution in [0, 0.1) is 17.8 Å². The SMILES string of the molecule is O=C(NN1C(=O)[C@H]2[C@H](C1=O)[C@H](c1ccccc1)C=C[C@H]2c1ccccc1)C1CC1. The van der Waals surface area contributed by atoms with E-state index in [1.54, 1.807) is 0 Å². The summed E-state index contributed by atoms with van der Waals surface area (Å²) in [6.45, 7) is 0. The first-order valence-corrected chi connectivity index (χ1v) is 10.1. The Morgan fingerprint density at radius 3 is 1.62 bits per heavy atom. The van der Waals surface area contributed by atoms with Crippen LogP contribution in [-0.2, 0) is 14.4 Å². The molecule has 0 bridgehead atoms. The highest BCUT2D eigenvalue weighted by molar-refractivity contribution is 6.07. The standard InChI is InChI=1S/C24H22N2O3/c27-22(17-11-12-17)25-26-23(28)20-18(15-7-3-1-4-8-15)13-14-19(21(20)24(26)29)16-9-5-2-6-10-16/h1-10,13-14,17-21H,11-12H2,(H,25,27)/t18-,19-,20+,21+/m0/s1. The van der Waals surface area contributed by atoms with Crippen LogP contribution >= 0.6 is 0 Å². The number of hydrazine groups is 1. The Balaban J connectivity index is 1.55. The Kier molecular flexibility index (Phi) is 4.31. The first-order valence-electron chi connectivity index (χ1n) is 10.1. The van der Waals surface area contributed by atoms with Crippen molar-refractivity contribution >= 4 is 17.7 Å². The summed E-state index contributed by atoms with van der Waals surface area (Å²) in [7, 11) is 0. The van der Waals surface area contributed by atoms with Crippen molar-refractivity contribution in [2.45, 2.75) is 24.7 Å². The molecule has 5 rings (SSSR count). The monoisotopic (exact) mass is 386 g/mol. The quantitative estimate of drug-likeness (QED) is 0.648. The third kappa shape index (κ3) is 3.07. The topological polar surface area (TPSA) is 66.5 Å². The van der Waals surface area contributed by atoms with Gasteiger partial charge in [-0.25, -0.2) is 0 Å². The maximum absolute atomic E-state index is 13.3. The molecule has 5 heteroatoms. The summed E-state index contributed by atoms with van der Waals surface area (Å²) in [5.41, 5.74) is 4.61. The molecule has 1 saturated carbocycles. The number of amides is 3. The molecule has 2 aromatic rings. The van der Waals surface area contributed by atoms with Gasteiger partial charge in [-0.05, 0) is 24.0 Å². The molecule has 3 amide bonds. The molecule has 2 fully saturated rings. The molecule has 29 heavy (non-hydrogen) atoms. The average molecular weight is 386 g/mol. The van der Waals surface area contributed by atoms with Gasteiger partial charge in [-0.3, -0.25) is 19.8 Å². The maximum Gasteiger partial charge on any atom is 0.253 e. The highest BCUT2D eigenvalue weighted by atomic mass is 16.2. The fourth-order valence-electron chi connectivity index (χ4n) is 4.59. The molecule has 2 aliphatic carbocycles. The molecule has 1 N–H and O–H groups in total. The third-order valence-electron chi connectivity index (χ3n) is 6.24. The van der Waals surface area contributed by atoms with E-state index in [0.717, 1.165) is 29.0 Å². The van der Waals surface area contributed by atoms with Gasteiger partial charge in [0, 0.05) is 17.8 Å². The summed E-state index contributed by atoms with van der Waals surface area (Å²) in [5.74, 6) is -2.38. The Labute approximate surface area is 169 Å². The smallest absolute Gasteiger partial charge is 0.253 e. The summed E-state index contributed by atoms with van der Waals surface area (Å²) in [5, 5.41) is 0.995. The molecule has 3 aliphatic rings. The van der Waals surface area contributed by atoms with Gasteiger partial charge in [-0.2, -0.15) is 5.01 Å². The van der Waals surface area contributed by atoms with Crippen molar-refractivity contribution in [1.29, 1.82) is 0 Å². The van der Waals surface area contributed by atoms with Crippen LogP contribution in [0.2, 0.25) is 0 Å². The number of imide groups is 1. The van der Waals surface area contributed by atoms with Crippen LogP contribution in [0.15, 0.2) is 72.8 Å². The molecule has 1 heterocycles. The van der Waals surface area contributed by atoms with Crippen LogP contribution in [-0.4, -0.2) is 22.7 Å². The van der Waals surface area contributed by atoms with Gasteiger partial charge >= 0.3 is 0 Å². The van der Waals surface area contributed by atoms with Gasteiger partial charge in [-0.1, -0.05) is 72.8 Å². The minimum Gasteiger partial charge on any atom is -0.273 e. The maximum atomic E-state index is 13.3. The molecular formula is C24H22N2O3. The lowest BCUT2D eigenvalue weighted by atomic mass is 9.68. The Bertz CT molecular complexity index is 914. The first kappa shape index (κ1) is 17.9. The van der Waals surface area contributed by atoms with Crippen LogP contribution in [0.4, 0.5) is 0 Å². The zero-order valence-corrected chi connectivity index (χ0v) is 15.9. The number of rotatable bonds is 4. The number of nitrogens with zero attached hydrogens (tertiary/aromatic N) is 1. The zero-order valence-electron chi connectivity index (χ0n) is 15.9. The summed E-state index contributed by atoms with van der Waals surface area (Å²) >= 11 is 0. The van der Waals surface area contributed by atoms with E-state index in [1.165, 1.54) is 0 Å². The van der Waals surface area contributed by atoms with Crippen molar-refractivity contribution in [1.82, 2.24) is 10.4 Å². The molecular weight excluding hydrogens is 364 g/mol. The summed E-state index contributed by atoms with van der Waals surface area (Å²) in [4.78, 5) is 39.0. The van der Waals surface area contributed by atoms with Gasteiger partial charge in [-0.15, -0.1) is 0 Å². The number of allylic oxidation sites excluding steroid dienone is 2. The molecule has 1 aliphatic heterocycles. The summed E-state index contributed by atoms with van der Waals surface area (Å²) < 4.78 is 0. The van der Waals surface area contributed by atoms with Crippen LogP contribution in [0.25, 0.3) is 0 Å². The van der Waals surface area contributed by atoms with E-state index in [9.17, 15) is 14.4 Å². The molecule has 0 aromatic heterocycles. The number of carbonyl (C=O) groups is 3. The second kappa shape index (κ2) is 6.99. The number of benzene rings is 2. The van der Waals surface area contributed by atoms with E-state index in [0.29, 0.717) is 0 Å². The van der Waals surface area contributed by atoms with Gasteiger partial charge in [0.2, 0.25) is 5.91 Å². The first-order chi connectivity index (χ1) is 14.1. The van der Waals surface area contributed by atoms with Crippen LogP contribution in [0.3, 0.4) is 0 Å². The number of hydrogen-bond donors (Lipinski definition) is 1. The molecule has 146 valence electrons. The number of nitrogens with one attached hydrogen (secondary N) is 1. The van der Waals surface area contributed by atoms with Gasteiger partial charge in [0.05, 0.1) is 11.8 Å². The van der Waals surface area contributed by atoms with Gasteiger partial charge in [0.1, 0.15) is 0 Å². The Morgan fingerprint density at radius 2 is 1.21 bits per heavy atom. The van der Waals surface area contributed by atoms with Gasteiger partial charge < -0.3 is 0 Å². The predicted octanol–water partition coefficient (Wildman–Crippen LogP) is 3.17. The fourth-order valence-corrected chi connectivity index (χ4v) is 4.59. The molecule has 0 spiro atoms. The predicted molar refractivity (Wildman–Crippen MR) is 107 cm³/mol. The molecule has 2 aromatic carbocycles. The van der Waals surface area contributed by atoms with Crippen LogP contribution in [0.1, 0.15) is 35.8 Å². The minimum atomic E-state index is -0.528. The highest BCUT2D eigenvalue weighted by Gasteiger charge is 2.56. The van der Waals surface area contributed by atoms with Gasteiger partial charge in [0.25, 0.3) is 11.8 Å². The van der Waals surface area contributed by atoms with E-state index in [4.69, 9.17) is 0 Å². The second-order valence-corrected chi connectivity index (χ2v) is 8.07. The van der Waals surface area contributed by atoms with Crippen molar-refractivity contribution in [2.75, 3.05) is 0 Å². The lowest BCUT2D eigenvalue weighted by molar-refractivity contribution is -0.149. The van der Waals surface area contributed by atoms with E-state index in [-0.39, 0.29) is 35.5 Å². The lowest BCUT2D eigenvalue weighted by Gasteiger charge is -2.32. The molecule has 1 saturated heterocycles. The summed E-state index contributed by atoms with van der Waals surface area (Å²) in [6.07, 6.45) is 5.72. The number of hydrogen-bond acceptors (Lipinski definition) is 3. The number of carbonyl (C=O) groups excluding carboxylic acids is 3. The Morgan fingerprint density at radius 1 is 0.759 bits per heavy atom. The van der Waals surface area contributed by atoms with E-state index in [1.807, 2.05) is 72.8 Å². The average Bonchev–Trinajstić information content (AvgIpc) is 3.59. The second-order valence-electron chi connectivity index (χ2n) is 8.07. The van der Waals surface area contributed by atoms with Crippen molar-refractivity contribution < 1.29 is 14.4 Å². The zero-order chi connectivity index (χ0) is 20.0. The van der Waals surface area contributed by atoms with E-state index < -0.39 is 11.8 Å². The van der Waals surface area contributed by atoms with Crippen LogP contribution < -0.4 is 5.43 Å². The normalized spacial score (nSPS) is 28.3. The van der Waals surface area contributed by atoms with Crippen molar-refractivity contribution in [3.05, 3.63) is 83.9 Å². The third-order valence-corrected chi connectivity index (χ3v) is 6.24. The highest BCUT2D eigenvalue weighted by Crippen LogP contribution is 2.48. The van der Waals surface area contributed by atoms with E-state index in [2.05, 4.69) is 5.43 Å². The van der Waals surface area contributed by atoms with Crippen molar-refractivity contribution in [3.63, 3.8) is 0 Å². The lowest BCUT2D eigenvalue weighted by Crippen LogP contribution is -2.47. The molecule has 5 nitrogen and oxygen atoms in total. The fraction of sp³-hybridized carbons (Fsp3) is 0.292. The molecule has 4 atom stereocenters. The largest absolute Gasteiger partial charge is 0.273 e. The Hall–Kier alpha value is -3.21. The summed E-state index contributed by atoms with van der Waals surface area (Å²) in [6, 6.07) is 19.6.